The molecule has 3 rings (SSSR count). The molecule has 4 nitrogen and oxygen atoms in total. The highest BCUT2D eigenvalue weighted by Gasteiger charge is 2.48. The van der Waals surface area contributed by atoms with Crippen LogP contribution in [0.2, 0.25) is 5.02 Å². The lowest BCUT2D eigenvalue weighted by Gasteiger charge is -2.41. The summed E-state index contributed by atoms with van der Waals surface area (Å²) in [5.41, 5.74) is -0.137. The summed E-state index contributed by atoms with van der Waals surface area (Å²) in [7, 11) is 0. The average Bonchev–Trinajstić information content (AvgIpc) is 2.47. The van der Waals surface area contributed by atoms with Crippen LogP contribution in [-0.4, -0.2) is 21.6 Å². The van der Waals surface area contributed by atoms with Gasteiger partial charge in [-0.15, -0.1) is 0 Å². The Morgan fingerprint density at radius 3 is 2.59 bits per heavy atom. The SMILES string of the molecule is CC1(C)C(=O)c2ccc(Cl)cc2[C@H](n2ccccc2=O)[C@H]1O. The highest BCUT2D eigenvalue weighted by atomic mass is 35.5. The van der Waals surface area contributed by atoms with Crippen LogP contribution in [0.15, 0.2) is 47.4 Å². The molecule has 0 radical (unpaired) electrons. The van der Waals surface area contributed by atoms with Gasteiger partial charge < -0.3 is 9.67 Å². The van der Waals surface area contributed by atoms with Gasteiger partial charge in [0.2, 0.25) is 0 Å². The number of carbonyl (C=O) groups excluding carboxylic acids is 1. The maximum atomic E-state index is 12.6. The van der Waals surface area contributed by atoms with E-state index in [0.717, 1.165) is 0 Å². The minimum atomic E-state index is -1.02. The van der Waals surface area contributed by atoms with Gasteiger partial charge in [0.15, 0.2) is 5.78 Å². The zero-order valence-electron chi connectivity index (χ0n) is 12.3. The Balaban J connectivity index is 2.32. The molecule has 0 saturated heterocycles. The highest BCUT2D eigenvalue weighted by Crippen LogP contribution is 2.43. The molecular formula is C17H16ClNO3. The number of Topliss-reactive ketones (excluding diaryl/α,β-unsaturated/α-hetero) is 1. The maximum Gasteiger partial charge on any atom is 0.251 e. The van der Waals surface area contributed by atoms with Gasteiger partial charge in [-0.05, 0) is 43.7 Å². The van der Waals surface area contributed by atoms with Crippen LogP contribution in [-0.2, 0) is 0 Å². The Bertz CT molecular complexity index is 810. The molecule has 114 valence electrons. The number of aliphatic hydroxyl groups is 1. The molecule has 1 aromatic carbocycles. The monoisotopic (exact) mass is 317 g/mol. The van der Waals surface area contributed by atoms with Crippen LogP contribution >= 0.6 is 11.6 Å². The summed E-state index contributed by atoms with van der Waals surface area (Å²) >= 11 is 6.06. The van der Waals surface area contributed by atoms with E-state index < -0.39 is 17.6 Å². The minimum absolute atomic E-state index is 0.146. The number of rotatable bonds is 1. The van der Waals surface area contributed by atoms with E-state index in [1.165, 1.54) is 10.6 Å². The summed E-state index contributed by atoms with van der Waals surface area (Å²) in [6.45, 7) is 3.39. The number of aromatic nitrogens is 1. The number of fused-ring (bicyclic) bond motifs is 1. The van der Waals surface area contributed by atoms with Crippen LogP contribution in [0.5, 0.6) is 0 Å². The van der Waals surface area contributed by atoms with Crippen LogP contribution in [0.3, 0.4) is 0 Å². The second kappa shape index (κ2) is 5.07. The van der Waals surface area contributed by atoms with E-state index in [4.69, 9.17) is 11.6 Å². The molecule has 0 spiro atoms. The summed E-state index contributed by atoms with van der Waals surface area (Å²) < 4.78 is 1.45. The van der Waals surface area contributed by atoms with Crippen molar-refractivity contribution in [3.8, 4) is 0 Å². The number of aliphatic hydroxyl groups excluding tert-OH is 1. The molecule has 0 fully saturated rings. The largest absolute Gasteiger partial charge is 0.390 e. The smallest absolute Gasteiger partial charge is 0.251 e. The summed E-state index contributed by atoms with van der Waals surface area (Å²) in [5.74, 6) is -0.146. The molecule has 0 aliphatic heterocycles. The maximum absolute atomic E-state index is 12.6. The number of halogens is 1. The molecule has 1 heterocycles. The van der Waals surface area contributed by atoms with Crippen molar-refractivity contribution < 1.29 is 9.90 Å². The minimum Gasteiger partial charge on any atom is -0.390 e. The summed E-state index contributed by atoms with van der Waals surface area (Å²) in [4.78, 5) is 24.8. The normalized spacial score (nSPS) is 23.2. The second-order valence-electron chi connectivity index (χ2n) is 6.12. The second-order valence-corrected chi connectivity index (χ2v) is 6.55. The Morgan fingerprint density at radius 1 is 1.18 bits per heavy atom. The van der Waals surface area contributed by atoms with Crippen LogP contribution in [0.25, 0.3) is 0 Å². The number of benzene rings is 1. The van der Waals surface area contributed by atoms with Gasteiger partial charge in [-0.1, -0.05) is 17.7 Å². The first-order chi connectivity index (χ1) is 10.3. The van der Waals surface area contributed by atoms with Crippen LogP contribution in [0, 0.1) is 5.41 Å². The van der Waals surface area contributed by atoms with Gasteiger partial charge >= 0.3 is 0 Å². The van der Waals surface area contributed by atoms with E-state index in [-0.39, 0.29) is 11.3 Å². The quantitative estimate of drug-likeness (QED) is 0.879. The van der Waals surface area contributed by atoms with E-state index in [0.29, 0.717) is 16.1 Å². The van der Waals surface area contributed by atoms with Crippen molar-refractivity contribution in [2.45, 2.75) is 26.0 Å². The van der Waals surface area contributed by atoms with Gasteiger partial charge in [-0.25, -0.2) is 0 Å². The fraction of sp³-hybridized carbons (Fsp3) is 0.294. The van der Waals surface area contributed by atoms with Crippen molar-refractivity contribution in [2.75, 3.05) is 0 Å². The lowest BCUT2D eigenvalue weighted by atomic mass is 9.68. The van der Waals surface area contributed by atoms with E-state index in [2.05, 4.69) is 0 Å². The van der Waals surface area contributed by atoms with Gasteiger partial charge in [-0.2, -0.15) is 0 Å². The third-order valence-corrected chi connectivity index (χ3v) is 4.59. The van der Waals surface area contributed by atoms with Gasteiger partial charge in [0.05, 0.1) is 17.6 Å². The topological polar surface area (TPSA) is 59.3 Å². The number of nitrogens with zero attached hydrogens (tertiary/aromatic N) is 1. The Hall–Kier alpha value is -1.91. The lowest BCUT2D eigenvalue weighted by Crippen LogP contribution is -2.49. The van der Waals surface area contributed by atoms with Crippen molar-refractivity contribution >= 4 is 17.4 Å². The lowest BCUT2D eigenvalue weighted by molar-refractivity contribution is 0.0134. The zero-order valence-corrected chi connectivity index (χ0v) is 13.0. The van der Waals surface area contributed by atoms with Crippen molar-refractivity contribution in [2.24, 2.45) is 5.41 Å². The zero-order chi connectivity index (χ0) is 16.1. The molecule has 0 unspecified atom stereocenters. The van der Waals surface area contributed by atoms with Crippen molar-refractivity contribution in [1.82, 2.24) is 4.57 Å². The molecule has 1 aliphatic rings. The third-order valence-electron chi connectivity index (χ3n) is 4.35. The first-order valence-electron chi connectivity index (χ1n) is 7.03. The Morgan fingerprint density at radius 2 is 1.91 bits per heavy atom. The van der Waals surface area contributed by atoms with Crippen molar-refractivity contribution in [3.05, 3.63) is 69.1 Å². The first-order valence-corrected chi connectivity index (χ1v) is 7.41. The molecule has 1 aromatic heterocycles. The number of hydrogen-bond donors (Lipinski definition) is 1. The van der Waals surface area contributed by atoms with Crippen LogP contribution in [0.1, 0.15) is 35.8 Å². The van der Waals surface area contributed by atoms with E-state index in [9.17, 15) is 14.7 Å². The molecular weight excluding hydrogens is 302 g/mol. The van der Waals surface area contributed by atoms with E-state index >= 15 is 0 Å². The molecule has 1 aliphatic carbocycles. The molecule has 22 heavy (non-hydrogen) atoms. The number of ketones is 1. The van der Waals surface area contributed by atoms with Gasteiger partial charge in [-0.3, -0.25) is 9.59 Å². The predicted octanol–water partition coefficient (Wildman–Crippen LogP) is 2.67. The molecule has 2 aromatic rings. The average molecular weight is 318 g/mol. The Labute approximate surface area is 133 Å². The van der Waals surface area contributed by atoms with Crippen LogP contribution in [0.4, 0.5) is 0 Å². The predicted molar refractivity (Wildman–Crippen MR) is 84.4 cm³/mol. The van der Waals surface area contributed by atoms with E-state index in [1.54, 1.807) is 50.4 Å². The molecule has 0 bridgehead atoms. The summed E-state index contributed by atoms with van der Waals surface area (Å²) in [5, 5.41) is 11.2. The molecule has 0 amide bonds. The highest BCUT2D eigenvalue weighted by molar-refractivity contribution is 6.30. The number of hydrogen-bond acceptors (Lipinski definition) is 3. The van der Waals surface area contributed by atoms with Crippen molar-refractivity contribution in [3.63, 3.8) is 0 Å². The molecule has 0 saturated carbocycles. The molecule has 5 heteroatoms. The molecule has 1 N–H and O–H groups in total. The summed E-state index contributed by atoms with van der Waals surface area (Å²) in [6.07, 6.45) is 0.596. The summed E-state index contributed by atoms with van der Waals surface area (Å²) in [6, 6.07) is 9.11. The van der Waals surface area contributed by atoms with Crippen LogP contribution < -0.4 is 5.56 Å². The first kappa shape index (κ1) is 15.0. The Kier molecular flexibility index (Phi) is 3.46. The van der Waals surface area contributed by atoms with Crippen molar-refractivity contribution in [1.29, 1.82) is 0 Å². The van der Waals surface area contributed by atoms with Gasteiger partial charge in [0.1, 0.15) is 0 Å². The third kappa shape index (κ3) is 2.11. The van der Waals surface area contributed by atoms with E-state index in [1.807, 2.05) is 0 Å². The van der Waals surface area contributed by atoms with Gasteiger partial charge in [0.25, 0.3) is 5.56 Å². The fourth-order valence-corrected chi connectivity index (χ4v) is 3.18. The standard InChI is InChI=1S/C17H16ClNO3/c1-17(2)15(21)11-7-6-10(18)9-12(11)14(16(17)22)19-8-4-3-5-13(19)20/h3-9,14,16,22H,1-2H3/t14-,16+/m0/s1. The fourth-order valence-electron chi connectivity index (χ4n) is 3.00. The number of pyridine rings is 1. The van der Waals surface area contributed by atoms with Gasteiger partial charge in [0, 0.05) is 22.8 Å². The molecule has 2 atom stereocenters. The number of carbonyl (C=O) groups is 1.